The monoisotopic (exact) mass is 526 g/mol. The van der Waals surface area contributed by atoms with Crippen LogP contribution in [0.4, 0.5) is 0 Å². The molecule has 0 fully saturated rings. The molecule has 0 aliphatic heterocycles. The molecule has 0 aliphatic carbocycles. The molecule has 1 atom stereocenters. The summed E-state index contributed by atoms with van der Waals surface area (Å²) >= 11 is 0. The first-order valence-electron chi connectivity index (χ1n) is 14.6. The normalized spacial score (nSPS) is 13.5. The van der Waals surface area contributed by atoms with E-state index in [1.807, 2.05) is 30.3 Å². The van der Waals surface area contributed by atoms with Gasteiger partial charge >= 0.3 is 0 Å². The Morgan fingerprint density at radius 1 is 0.684 bits per heavy atom. The first-order valence-corrected chi connectivity index (χ1v) is 14.6. The Labute approximate surface area is 232 Å². The lowest BCUT2D eigenvalue weighted by Crippen LogP contribution is -2.48. The molecule has 2 aromatic carbocycles. The number of aliphatic hydroxyl groups excluding tert-OH is 3. The Balaban J connectivity index is 1.91. The van der Waals surface area contributed by atoms with Crippen LogP contribution in [0.1, 0.15) is 109 Å². The molecule has 38 heavy (non-hydrogen) atoms. The summed E-state index contributed by atoms with van der Waals surface area (Å²) in [5.41, 5.74) is 5.09. The lowest BCUT2D eigenvalue weighted by molar-refractivity contribution is -0.0755. The van der Waals surface area contributed by atoms with Gasteiger partial charge in [-0.2, -0.15) is 0 Å². The van der Waals surface area contributed by atoms with Crippen LogP contribution in [0, 0.1) is 12.3 Å². The third-order valence-electron chi connectivity index (χ3n) is 7.80. The molecule has 4 nitrogen and oxygen atoms in total. The van der Waals surface area contributed by atoms with Crippen LogP contribution in [-0.4, -0.2) is 41.2 Å². The predicted molar refractivity (Wildman–Crippen MR) is 159 cm³/mol. The van der Waals surface area contributed by atoms with Crippen LogP contribution in [0.2, 0.25) is 0 Å². The van der Waals surface area contributed by atoms with E-state index in [1.54, 1.807) is 5.56 Å². The fraction of sp³-hybridized carbons (Fsp3) is 0.647. The van der Waals surface area contributed by atoms with E-state index < -0.39 is 11.5 Å². The average Bonchev–Trinajstić information content (AvgIpc) is 2.86. The highest BCUT2D eigenvalue weighted by molar-refractivity contribution is 5.45. The van der Waals surface area contributed by atoms with E-state index >= 15 is 0 Å². The van der Waals surface area contributed by atoms with Gasteiger partial charge in [0.2, 0.25) is 0 Å². The molecule has 0 aromatic heterocycles. The molecular weight excluding hydrogens is 472 g/mol. The van der Waals surface area contributed by atoms with Crippen LogP contribution in [0.15, 0.2) is 42.5 Å². The second-order valence-corrected chi connectivity index (χ2v) is 13.3. The molecule has 0 bridgehead atoms. The Hall–Kier alpha value is -1.88. The smallest absolute Gasteiger partial charge is 0.119 e. The van der Waals surface area contributed by atoms with Crippen LogP contribution in [0.25, 0.3) is 0 Å². The summed E-state index contributed by atoms with van der Waals surface area (Å²) in [6, 6.07) is 14.2. The van der Waals surface area contributed by atoms with Gasteiger partial charge in [0.25, 0.3) is 0 Å². The number of rotatable bonds is 15. The third kappa shape index (κ3) is 9.10. The van der Waals surface area contributed by atoms with Crippen molar-refractivity contribution in [2.75, 3.05) is 19.8 Å². The zero-order valence-electron chi connectivity index (χ0n) is 25.1. The van der Waals surface area contributed by atoms with Gasteiger partial charge in [0, 0.05) is 0 Å². The van der Waals surface area contributed by atoms with Gasteiger partial charge < -0.3 is 20.1 Å². The molecule has 0 aliphatic rings. The van der Waals surface area contributed by atoms with Gasteiger partial charge in [0.15, 0.2) is 0 Å². The van der Waals surface area contributed by atoms with Gasteiger partial charge in [-0.15, -0.1) is 0 Å². The number of hydrogen-bond donors (Lipinski definition) is 3. The molecule has 0 heterocycles. The maximum atomic E-state index is 9.97. The van der Waals surface area contributed by atoms with Crippen molar-refractivity contribution in [1.82, 2.24) is 0 Å². The Bertz CT molecular complexity index is 905. The largest absolute Gasteiger partial charge is 0.490 e. The lowest BCUT2D eigenvalue weighted by atomic mass is 9.74. The fourth-order valence-electron chi connectivity index (χ4n) is 5.37. The van der Waals surface area contributed by atoms with Crippen LogP contribution in [0.3, 0.4) is 0 Å². The number of ether oxygens (including phenoxy) is 1. The highest BCUT2D eigenvalue weighted by Gasteiger charge is 2.39. The van der Waals surface area contributed by atoms with Crippen molar-refractivity contribution >= 4 is 0 Å². The average molecular weight is 527 g/mol. The molecule has 0 saturated carbocycles. The van der Waals surface area contributed by atoms with Crippen LogP contribution >= 0.6 is 0 Å². The molecule has 4 heteroatoms. The minimum atomic E-state index is -1.06. The van der Waals surface area contributed by atoms with E-state index in [4.69, 9.17) is 4.74 Å². The Morgan fingerprint density at radius 2 is 1.16 bits per heavy atom. The third-order valence-corrected chi connectivity index (χ3v) is 7.80. The van der Waals surface area contributed by atoms with Crippen LogP contribution in [-0.2, 0) is 17.3 Å². The summed E-state index contributed by atoms with van der Waals surface area (Å²) in [7, 11) is 0. The summed E-state index contributed by atoms with van der Waals surface area (Å²) < 4.78 is 6.15. The first-order chi connectivity index (χ1) is 17.9. The topological polar surface area (TPSA) is 69.9 Å². The van der Waals surface area contributed by atoms with Crippen molar-refractivity contribution in [3.05, 3.63) is 64.7 Å². The molecule has 214 valence electrons. The van der Waals surface area contributed by atoms with Gasteiger partial charge in [-0.1, -0.05) is 103 Å². The highest BCUT2D eigenvalue weighted by Crippen LogP contribution is 2.36. The molecular formula is C34H54O4. The number of unbranched alkanes of at least 4 members (excludes halogenated alkanes) is 5. The Kier molecular flexibility index (Phi) is 12.3. The fourth-order valence-corrected chi connectivity index (χ4v) is 5.37. The summed E-state index contributed by atoms with van der Waals surface area (Å²) in [4.78, 5) is 0. The van der Waals surface area contributed by atoms with Crippen molar-refractivity contribution in [3.8, 4) is 5.75 Å². The maximum absolute atomic E-state index is 9.97. The van der Waals surface area contributed by atoms with E-state index in [2.05, 4.69) is 60.6 Å². The second-order valence-electron chi connectivity index (χ2n) is 13.3. The van der Waals surface area contributed by atoms with E-state index in [0.717, 1.165) is 25.7 Å². The molecule has 0 radical (unpaired) electrons. The van der Waals surface area contributed by atoms with Crippen molar-refractivity contribution in [2.45, 2.75) is 117 Å². The molecule has 0 amide bonds. The quantitative estimate of drug-likeness (QED) is 0.213. The first kappa shape index (κ1) is 32.3. The molecule has 3 N–H and O–H groups in total. The Morgan fingerprint density at radius 3 is 1.63 bits per heavy atom. The molecule has 2 aromatic rings. The van der Waals surface area contributed by atoms with Gasteiger partial charge in [-0.05, 0) is 72.3 Å². The maximum Gasteiger partial charge on any atom is 0.119 e. The van der Waals surface area contributed by atoms with Gasteiger partial charge in [0.1, 0.15) is 11.9 Å². The number of benzene rings is 2. The lowest BCUT2D eigenvalue weighted by Gasteiger charge is -2.36. The number of para-hydroxylation sites is 1. The predicted octanol–water partition coefficient (Wildman–Crippen LogP) is 7.27. The molecule has 1 unspecified atom stereocenters. The summed E-state index contributed by atoms with van der Waals surface area (Å²) in [6.45, 7) is 15.2. The van der Waals surface area contributed by atoms with Gasteiger partial charge in [0.05, 0.1) is 25.2 Å². The van der Waals surface area contributed by atoms with E-state index in [1.165, 1.54) is 36.0 Å². The molecule has 0 saturated heterocycles. The van der Waals surface area contributed by atoms with Crippen LogP contribution < -0.4 is 4.74 Å². The highest BCUT2D eigenvalue weighted by atomic mass is 16.5. The zero-order valence-corrected chi connectivity index (χ0v) is 25.1. The number of aryl methyl sites for hydroxylation is 1. The van der Waals surface area contributed by atoms with Crippen molar-refractivity contribution in [1.29, 1.82) is 0 Å². The van der Waals surface area contributed by atoms with Crippen molar-refractivity contribution in [3.63, 3.8) is 0 Å². The zero-order chi connectivity index (χ0) is 28.4. The summed E-state index contributed by atoms with van der Waals surface area (Å²) in [5, 5.41) is 29.9. The van der Waals surface area contributed by atoms with Gasteiger partial charge in [-0.3, -0.25) is 0 Å². The number of aliphatic hydroxyl groups is 3. The van der Waals surface area contributed by atoms with Crippen molar-refractivity contribution < 1.29 is 20.1 Å². The van der Waals surface area contributed by atoms with Gasteiger partial charge in [-0.25, -0.2) is 0 Å². The standard InChI is InChI=1S/C34H54O4/c1-26-21-29(32(2,3)4)28(30(22-26)33(5,6)7)19-15-10-8-9-11-16-20-31(34(23-35,24-36)25-37)38-27-17-13-12-14-18-27/h12-14,17-18,21-22,31,35-37H,8-11,15-16,19-20,23-25H2,1-7H3. The van der Waals surface area contributed by atoms with E-state index in [0.29, 0.717) is 12.2 Å². The summed E-state index contributed by atoms with van der Waals surface area (Å²) in [6.07, 6.45) is 8.10. The number of hydrogen-bond acceptors (Lipinski definition) is 4. The molecule has 2 rings (SSSR count). The van der Waals surface area contributed by atoms with E-state index in [9.17, 15) is 15.3 Å². The minimum absolute atomic E-state index is 0.132. The molecule has 0 spiro atoms. The van der Waals surface area contributed by atoms with Crippen LogP contribution in [0.5, 0.6) is 5.75 Å². The second kappa shape index (κ2) is 14.5. The summed E-state index contributed by atoms with van der Waals surface area (Å²) in [5.74, 6) is 0.692. The van der Waals surface area contributed by atoms with E-state index in [-0.39, 0.29) is 30.7 Å². The van der Waals surface area contributed by atoms with Crippen molar-refractivity contribution in [2.24, 2.45) is 5.41 Å². The minimum Gasteiger partial charge on any atom is -0.490 e. The SMILES string of the molecule is Cc1cc(C(C)(C)C)c(CCCCCCCCC(Oc2ccccc2)C(CO)(CO)CO)c(C(C)(C)C)c1.